The van der Waals surface area contributed by atoms with Gasteiger partial charge in [0.05, 0.1) is 12.6 Å². The Morgan fingerprint density at radius 2 is 2.25 bits per heavy atom. The highest BCUT2D eigenvalue weighted by Gasteiger charge is 2.02. The van der Waals surface area contributed by atoms with Crippen molar-refractivity contribution in [2.45, 2.75) is 6.04 Å². The smallest absolute Gasteiger partial charge is 0.106 e. The normalized spacial score (nSPS) is 11.9. The van der Waals surface area contributed by atoms with Gasteiger partial charge in [-0.15, -0.1) is 12.4 Å². The van der Waals surface area contributed by atoms with E-state index in [-0.39, 0.29) is 25.1 Å². The molecule has 0 saturated heterocycles. The van der Waals surface area contributed by atoms with E-state index < -0.39 is 0 Å². The van der Waals surface area contributed by atoms with Gasteiger partial charge < -0.3 is 10.8 Å². The Bertz CT molecular complexity index is 229. The molecule has 0 bridgehead atoms. The van der Waals surface area contributed by atoms with E-state index in [4.69, 9.17) is 10.8 Å². The van der Waals surface area contributed by atoms with E-state index in [0.29, 0.717) is 0 Å². The molecule has 1 rings (SSSR count). The van der Waals surface area contributed by atoms with E-state index in [9.17, 15) is 0 Å². The fourth-order valence-corrected chi connectivity index (χ4v) is 0.947. The molecule has 0 aliphatic carbocycles. The number of halogens is 2. The number of aliphatic hydroxyl groups excluding tert-OH is 1. The van der Waals surface area contributed by atoms with E-state index in [1.165, 1.54) is 0 Å². The van der Waals surface area contributed by atoms with Gasteiger partial charge in [0.15, 0.2) is 0 Å². The minimum atomic E-state index is -0.324. The minimum absolute atomic E-state index is 0. The third-order valence-corrected chi connectivity index (χ3v) is 1.84. The quantitative estimate of drug-likeness (QED) is 0.780. The predicted octanol–water partition coefficient (Wildman–Crippen LogP) is 1.26. The Morgan fingerprint density at radius 1 is 1.58 bits per heavy atom. The molecular weight excluding hydrogens is 243 g/mol. The minimum Gasteiger partial charge on any atom is -0.394 e. The van der Waals surface area contributed by atoms with Crippen LogP contribution in [-0.4, -0.2) is 16.7 Å². The number of hydrogen-bond donors (Lipinski definition) is 2. The highest BCUT2D eigenvalue weighted by molar-refractivity contribution is 9.10. The number of nitrogens with zero attached hydrogens (tertiary/aromatic N) is 1. The summed E-state index contributed by atoms with van der Waals surface area (Å²) >= 11 is 3.20. The first-order valence-electron chi connectivity index (χ1n) is 3.22. The maximum Gasteiger partial charge on any atom is 0.106 e. The Morgan fingerprint density at radius 3 is 2.67 bits per heavy atom. The zero-order valence-corrected chi connectivity index (χ0v) is 8.68. The lowest BCUT2D eigenvalue weighted by Gasteiger charge is -2.06. The second-order valence-corrected chi connectivity index (χ2v) is 3.02. The first kappa shape index (κ1) is 11.8. The van der Waals surface area contributed by atoms with Gasteiger partial charge in [-0.3, -0.25) is 0 Å². The molecule has 1 atom stereocenters. The van der Waals surface area contributed by atoms with Crippen molar-refractivity contribution in [1.29, 1.82) is 0 Å². The lowest BCUT2D eigenvalue weighted by molar-refractivity contribution is 0.268. The second-order valence-electron chi connectivity index (χ2n) is 2.20. The second kappa shape index (κ2) is 5.48. The van der Waals surface area contributed by atoms with Crippen LogP contribution in [0.25, 0.3) is 0 Å². The first-order valence-corrected chi connectivity index (χ1v) is 4.01. The molecule has 68 valence electrons. The van der Waals surface area contributed by atoms with Gasteiger partial charge in [0.1, 0.15) is 4.60 Å². The van der Waals surface area contributed by atoms with Gasteiger partial charge in [-0.25, -0.2) is 4.98 Å². The highest BCUT2D eigenvalue weighted by Crippen LogP contribution is 2.11. The molecule has 0 fully saturated rings. The summed E-state index contributed by atoms with van der Waals surface area (Å²) in [6, 6.07) is 3.30. The van der Waals surface area contributed by atoms with Crippen molar-refractivity contribution in [2.24, 2.45) is 5.73 Å². The van der Waals surface area contributed by atoms with Crippen molar-refractivity contribution in [3.05, 3.63) is 28.5 Å². The number of pyridine rings is 1. The summed E-state index contributed by atoms with van der Waals surface area (Å²) in [6.07, 6.45) is 1.64. The molecule has 0 spiro atoms. The third-order valence-electron chi connectivity index (χ3n) is 1.38. The number of hydrogen-bond acceptors (Lipinski definition) is 3. The molecule has 0 aliphatic heterocycles. The molecular formula is C7H10BrClN2O. The van der Waals surface area contributed by atoms with Crippen LogP contribution in [-0.2, 0) is 0 Å². The third kappa shape index (κ3) is 3.06. The van der Waals surface area contributed by atoms with Crippen LogP contribution in [0.1, 0.15) is 11.6 Å². The molecule has 0 aliphatic rings. The Kier molecular flexibility index (Phi) is 5.41. The SMILES string of the molecule is Cl.N[C@H](CO)c1ccc(Br)nc1. The summed E-state index contributed by atoms with van der Waals surface area (Å²) in [4.78, 5) is 3.97. The zero-order chi connectivity index (χ0) is 8.27. The number of aromatic nitrogens is 1. The highest BCUT2D eigenvalue weighted by atomic mass is 79.9. The van der Waals surface area contributed by atoms with E-state index in [0.717, 1.165) is 10.2 Å². The molecule has 1 heterocycles. The van der Waals surface area contributed by atoms with Crippen LogP contribution in [0, 0.1) is 0 Å². The van der Waals surface area contributed by atoms with Crippen molar-refractivity contribution in [3.63, 3.8) is 0 Å². The van der Waals surface area contributed by atoms with E-state index >= 15 is 0 Å². The maximum atomic E-state index is 8.69. The Labute approximate surface area is 85.5 Å². The Balaban J connectivity index is 0.00000121. The molecule has 3 nitrogen and oxygen atoms in total. The Hall–Kier alpha value is -0.160. The fraction of sp³-hybridized carbons (Fsp3) is 0.286. The van der Waals surface area contributed by atoms with Crippen molar-refractivity contribution in [1.82, 2.24) is 4.98 Å². The molecule has 1 aromatic heterocycles. The van der Waals surface area contributed by atoms with Gasteiger partial charge in [-0.1, -0.05) is 6.07 Å². The van der Waals surface area contributed by atoms with Crippen molar-refractivity contribution in [2.75, 3.05) is 6.61 Å². The van der Waals surface area contributed by atoms with Crippen molar-refractivity contribution in [3.8, 4) is 0 Å². The average molecular weight is 254 g/mol. The summed E-state index contributed by atoms with van der Waals surface area (Å²) in [7, 11) is 0. The monoisotopic (exact) mass is 252 g/mol. The van der Waals surface area contributed by atoms with Crippen LogP contribution in [0.5, 0.6) is 0 Å². The summed E-state index contributed by atoms with van der Waals surface area (Å²) in [5.74, 6) is 0. The van der Waals surface area contributed by atoms with Gasteiger partial charge in [0.2, 0.25) is 0 Å². The summed E-state index contributed by atoms with van der Waals surface area (Å²) in [5.41, 5.74) is 6.38. The van der Waals surface area contributed by atoms with E-state index in [1.807, 2.05) is 6.07 Å². The van der Waals surface area contributed by atoms with Crippen LogP contribution in [0.15, 0.2) is 22.9 Å². The number of aliphatic hydroxyl groups is 1. The summed E-state index contributed by atoms with van der Waals surface area (Å²) < 4.78 is 0.770. The van der Waals surface area contributed by atoms with Crippen LogP contribution in [0.2, 0.25) is 0 Å². The number of rotatable bonds is 2. The standard InChI is InChI=1S/C7H9BrN2O.ClH/c8-7-2-1-5(3-10-7)6(9)4-11;/h1-3,6,11H,4,9H2;1H/t6-;/m1./s1. The average Bonchev–Trinajstić information content (AvgIpc) is 2.05. The van der Waals surface area contributed by atoms with Crippen molar-refractivity contribution >= 4 is 28.3 Å². The lowest BCUT2D eigenvalue weighted by Crippen LogP contribution is -2.14. The fourth-order valence-electron chi connectivity index (χ4n) is 0.712. The number of nitrogens with two attached hydrogens (primary N) is 1. The molecule has 0 saturated carbocycles. The van der Waals surface area contributed by atoms with Gasteiger partial charge in [0.25, 0.3) is 0 Å². The van der Waals surface area contributed by atoms with Gasteiger partial charge >= 0.3 is 0 Å². The van der Waals surface area contributed by atoms with Gasteiger partial charge in [0, 0.05) is 6.20 Å². The molecule has 0 unspecified atom stereocenters. The van der Waals surface area contributed by atoms with E-state index in [1.54, 1.807) is 12.3 Å². The summed E-state index contributed by atoms with van der Waals surface area (Å²) in [5, 5.41) is 8.69. The molecule has 0 radical (unpaired) electrons. The molecule has 0 aromatic carbocycles. The van der Waals surface area contributed by atoms with Crippen LogP contribution in [0.3, 0.4) is 0 Å². The first-order chi connectivity index (χ1) is 5.24. The summed E-state index contributed by atoms with van der Waals surface area (Å²) in [6.45, 7) is -0.0523. The van der Waals surface area contributed by atoms with E-state index in [2.05, 4.69) is 20.9 Å². The van der Waals surface area contributed by atoms with Crippen LogP contribution >= 0.6 is 28.3 Å². The molecule has 0 amide bonds. The largest absolute Gasteiger partial charge is 0.394 e. The van der Waals surface area contributed by atoms with Crippen LogP contribution < -0.4 is 5.73 Å². The lowest BCUT2D eigenvalue weighted by atomic mass is 10.1. The molecule has 12 heavy (non-hydrogen) atoms. The van der Waals surface area contributed by atoms with Gasteiger partial charge in [-0.05, 0) is 27.6 Å². The van der Waals surface area contributed by atoms with Crippen molar-refractivity contribution < 1.29 is 5.11 Å². The van der Waals surface area contributed by atoms with Gasteiger partial charge in [-0.2, -0.15) is 0 Å². The predicted molar refractivity (Wildman–Crippen MR) is 53.2 cm³/mol. The molecule has 3 N–H and O–H groups in total. The molecule has 1 aromatic rings. The van der Waals surface area contributed by atoms with Crippen LogP contribution in [0.4, 0.5) is 0 Å². The topological polar surface area (TPSA) is 59.1 Å². The maximum absolute atomic E-state index is 8.69. The zero-order valence-electron chi connectivity index (χ0n) is 6.27. The molecule has 5 heteroatoms.